The van der Waals surface area contributed by atoms with E-state index in [-0.39, 0.29) is 24.9 Å². The molecule has 0 aliphatic carbocycles. The molecule has 0 rings (SSSR count). The number of hydrogen-bond donors (Lipinski definition) is 3. The quantitative estimate of drug-likeness (QED) is 0.480. The number of carboxylic acid groups (broad SMARTS) is 1. The summed E-state index contributed by atoms with van der Waals surface area (Å²) in [6, 6.07) is -1.00. The van der Waals surface area contributed by atoms with Crippen molar-refractivity contribution >= 4 is 21.9 Å². The van der Waals surface area contributed by atoms with Crippen molar-refractivity contribution in [1.82, 2.24) is 10.0 Å². The second-order valence-electron chi connectivity index (χ2n) is 4.81. The predicted octanol–water partition coefficient (Wildman–Crippen LogP) is -0.300. The Labute approximate surface area is 125 Å². The van der Waals surface area contributed by atoms with Gasteiger partial charge in [-0.15, -0.1) is 0 Å². The lowest BCUT2D eigenvalue weighted by Crippen LogP contribution is -2.45. The Morgan fingerprint density at radius 1 is 1.29 bits per heavy atom. The highest BCUT2D eigenvalue weighted by atomic mass is 32.2. The molecular formula is C12H24N2O6S. The van der Waals surface area contributed by atoms with Crippen LogP contribution < -0.4 is 10.0 Å². The molecule has 21 heavy (non-hydrogen) atoms. The van der Waals surface area contributed by atoms with Crippen LogP contribution in [0.1, 0.15) is 33.6 Å². The Bertz CT molecular complexity index is 435. The number of carbonyl (C=O) groups excluding carboxylic acids is 1. The van der Waals surface area contributed by atoms with E-state index in [1.807, 2.05) is 0 Å². The summed E-state index contributed by atoms with van der Waals surface area (Å²) < 4.78 is 30.4. The molecule has 0 radical (unpaired) electrons. The standard InChI is InChI=1S/C12H24N2O6S/c1-4-5-10(12(16)17)14-11(15)8-13-21(18,19)7-6-20-9(2)3/h9-10,13H,4-8H2,1-3H3,(H,14,15)(H,16,17). The monoisotopic (exact) mass is 324 g/mol. The molecule has 8 nitrogen and oxygen atoms in total. The number of amides is 1. The number of aliphatic carboxylic acids is 1. The average Bonchev–Trinajstić information content (AvgIpc) is 2.35. The van der Waals surface area contributed by atoms with Crippen molar-refractivity contribution in [2.45, 2.75) is 45.8 Å². The number of ether oxygens (including phenoxy) is 1. The lowest BCUT2D eigenvalue weighted by molar-refractivity contribution is -0.141. The van der Waals surface area contributed by atoms with E-state index < -0.39 is 34.5 Å². The van der Waals surface area contributed by atoms with E-state index in [9.17, 15) is 18.0 Å². The van der Waals surface area contributed by atoms with Gasteiger partial charge in [-0.3, -0.25) is 4.79 Å². The molecule has 0 aromatic carbocycles. The Hall–Kier alpha value is -1.19. The van der Waals surface area contributed by atoms with Crippen molar-refractivity contribution in [3.05, 3.63) is 0 Å². The second kappa shape index (κ2) is 9.69. The highest BCUT2D eigenvalue weighted by molar-refractivity contribution is 7.89. The van der Waals surface area contributed by atoms with Gasteiger partial charge in [-0.2, -0.15) is 0 Å². The molecule has 0 saturated heterocycles. The molecule has 9 heteroatoms. The molecule has 0 aromatic heterocycles. The predicted molar refractivity (Wildman–Crippen MR) is 77.4 cm³/mol. The number of nitrogens with one attached hydrogen (secondary N) is 2. The molecule has 1 unspecified atom stereocenters. The van der Waals surface area contributed by atoms with Gasteiger partial charge in [-0.1, -0.05) is 13.3 Å². The van der Waals surface area contributed by atoms with Crippen LogP contribution in [0.25, 0.3) is 0 Å². The minimum atomic E-state index is -3.62. The smallest absolute Gasteiger partial charge is 0.326 e. The minimum Gasteiger partial charge on any atom is -0.480 e. The van der Waals surface area contributed by atoms with E-state index in [1.165, 1.54) is 0 Å². The van der Waals surface area contributed by atoms with Gasteiger partial charge in [0.1, 0.15) is 6.04 Å². The molecule has 0 aromatic rings. The Morgan fingerprint density at radius 2 is 1.90 bits per heavy atom. The average molecular weight is 324 g/mol. The lowest BCUT2D eigenvalue weighted by atomic mass is 10.2. The van der Waals surface area contributed by atoms with Crippen LogP contribution in [0.4, 0.5) is 0 Å². The first-order valence-electron chi connectivity index (χ1n) is 6.79. The first-order chi connectivity index (χ1) is 9.68. The summed E-state index contributed by atoms with van der Waals surface area (Å²) in [6.45, 7) is 4.90. The zero-order valence-corrected chi connectivity index (χ0v) is 13.4. The van der Waals surface area contributed by atoms with Crippen LogP contribution in [-0.2, 0) is 24.3 Å². The number of sulfonamides is 1. The van der Waals surface area contributed by atoms with Gasteiger partial charge in [0.05, 0.1) is 25.0 Å². The summed E-state index contributed by atoms with van der Waals surface area (Å²) in [5.74, 6) is -2.07. The largest absolute Gasteiger partial charge is 0.480 e. The van der Waals surface area contributed by atoms with Gasteiger partial charge in [-0.05, 0) is 20.3 Å². The van der Waals surface area contributed by atoms with Gasteiger partial charge in [0, 0.05) is 0 Å². The van der Waals surface area contributed by atoms with Crippen molar-refractivity contribution in [2.75, 3.05) is 18.9 Å². The van der Waals surface area contributed by atoms with Crippen molar-refractivity contribution in [3.63, 3.8) is 0 Å². The molecule has 1 atom stereocenters. The topological polar surface area (TPSA) is 122 Å². The zero-order valence-electron chi connectivity index (χ0n) is 12.6. The minimum absolute atomic E-state index is 0.0300. The summed E-state index contributed by atoms with van der Waals surface area (Å²) in [7, 11) is -3.62. The first-order valence-corrected chi connectivity index (χ1v) is 8.44. The van der Waals surface area contributed by atoms with E-state index in [1.54, 1.807) is 20.8 Å². The van der Waals surface area contributed by atoms with Crippen LogP contribution in [0.15, 0.2) is 0 Å². The molecule has 0 aliphatic rings. The maximum atomic E-state index is 11.6. The van der Waals surface area contributed by atoms with Crippen LogP contribution in [0, 0.1) is 0 Å². The maximum Gasteiger partial charge on any atom is 0.326 e. The van der Waals surface area contributed by atoms with Crippen molar-refractivity contribution in [3.8, 4) is 0 Å². The van der Waals surface area contributed by atoms with E-state index in [4.69, 9.17) is 9.84 Å². The third-order valence-electron chi connectivity index (χ3n) is 2.47. The van der Waals surface area contributed by atoms with Crippen LogP contribution in [0.3, 0.4) is 0 Å². The van der Waals surface area contributed by atoms with Crippen LogP contribution in [0.2, 0.25) is 0 Å². The number of carbonyl (C=O) groups is 2. The molecule has 1 amide bonds. The fourth-order valence-corrected chi connectivity index (χ4v) is 2.24. The molecule has 0 fully saturated rings. The summed E-state index contributed by atoms with van der Waals surface area (Å²) in [5, 5.41) is 11.1. The fraction of sp³-hybridized carbons (Fsp3) is 0.833. The van der Waals surface area contributed by atoms with Gasteiger partial charge in [0.15, 0.2) is 0 Å². The van der Waals surface area contributed by atoms with Crippen molar-refractivity contribution in [2.24, 2.45) is 0 Å². The van der Waals surface area contributed by atoms with Crippen LogP contribution in [-0.4, -0.2) is 56.5 Å². The summed E-state index contributed by atoms with van der Waals surface area (Å²) in [6.07, 6.45) is 0.805. The lowest BCUT2D eigenvalue weighted by Gasteiger charge is -2.14. The van der Waals surface area contributed by atoms with Gasteiger partial charge >= 0.3 is 5.97 Å². The van der Waals surface area contributed by atoms with Gasteiger partial charge < -0.3 is 15.2 Å². The molecule has 0 spiro atoms. The van der Waals surface area contributed by atoms with E-state index >= 15 is 0 Å². The van der Waals surface area contributed by atoms with Gasteiger partial charge in [0.2, 0.25) is 15.9 Å². The van der Waals surface area contributed by atoms with Gasteiger partial charge in [-0.25, -0.2) is 17.9 Å². The number of carboxylic acids is 1. The highest BCUT2D eigenvalue weighted by Crippen LogP contribution is 1.96. The molecule has 0 saturated carbocycles. The molecular weight excluding hydrogens is 300 g/mol. The van der Waals surface area contributed by atoms with Gasteiger partial charge in [0.25, 0.3) is 0 Å². The van der Waals surface area contributed by atoms with E-state index in [0.717, 1.165) is 0 Å². The van der Waals surface area contributed by atoms with E-state index in [2.05, 4.69) is 10.0 Å². The normalized spacial score (nSPS) is 13.1. The SMILES string of the molecule is CCCC(NC(=O)CNS(=O)(=O)CCOC(C)C)C(=O)O. The van der Waals surface area contributed by atoms with Crippen LogP contribution >= 0.6 is 0 Å². The molecule has 3 N–H and O–H groups in total. The van der Waals surface area contributed by atoms with Crippen molar-refractivity contribution < 1.29 is 27.9 Å². The van der Waals surface area contributed by atoms with Crippen LogP contribution in [0.5, 0.6) is 0 Å². The number of hydrogen-bond acceptors (Lipinski definition) is 5. The first kappa shape index (κ1) is 19.8. The third-order valence-corrected chi connectivity index (χ3v) is 3.75. The summed E-state index contributed by atoms with van der Waals surface area (Å²) in [5.41, 5.74) is 0. The Morgan fingerprint density at radius 3 is 2.38 bits per heavy atom. The molecule has 0 bridgehead atoms. The molecule has 0 aliphatic heterocycles. The maximum absolute atomic E-state index is 11.6. The summed E-state index contributed by atoms with van der Waals surface area (Å²) in [4.78, 5) is 22.4. The Balaban J connectivity index is 4.19. The second-order valence-corrected chi connectivity index (χ2v) is 6.73. The third kappa shape index (κ3) is 10.2. The molecule has 0 heterocycles. The Kier molecular flexibility index (Phi) is 9.14. The fourth-order valence-electron chi connectivity index (χ4n) is 1.43. The summed E-state index contributed by atoms with van der Waals surface area (Å²) >= 11 is 0. The molecule has 124 valence electrons. The number of rotatable bonds is 11. The highest BCUT2D eigenvalue weighted by Gasteiger charge is 2.20. The van der Waals surface area contributed by atoms with Crippen molar-refractivity contribution in [1.29, 1.82) is 0 Å². The zero-order chi connectivity index (χ0) is 16.5. The van der Waals surface area contributed by atoms with E-state index in [0.29, 0.717) is 6.42 Å².